The molecule has 1 aromatic carbocycles. The third kappa shape index (κ3) is 1.58. The van der Waals surface area contributed by atoms with Crippen molar-refractivity contribution in [3.63, 3.8) is 0 Å². The summed E-state index contributed by atoms with van der Waals surface area (Å²) in [5.41, 5.74) is 6.97. The number of benzene rings is 1. The molecule has 0 aliphatic heterocycles. The van der Waals surface area contributed by atoms with E-state index in [1.54, 1.807) is 7.11 Å². The van der Waals surface area contributed by atoms with E-state index in [1.807, 2.05) is 30.3 Å². The Morgan fingerprint density at radius 3 is 2.71 bits per heavy atom. The maximum absolute atomic E-state index is 6.29. The maximum atomic E-state index is 6.29. The number of rotatable bonds is 3. The monoisotopic (exact) mass is 231 g/mol. The fourth-order valence-corrected chi connectivity index (χ4v) is 2.58. The lowest BCUT2D eigenvalue weighted by Gasteiger charge is -2.44. The first-order valence-electron chi connectivity index (χ1n) is 6.04. The van der Waals surface area contributed by atoms with E-state index in [-0.39, 0.29) is 11.6 Å². The molecule has 1 unspecified atom stereocenters. The van der Waals surface area contributed by atoms with Gasteiger partial charge < -0.3 is 14.9 Å². The summed E-state index contributed by atoms with van der Waals surface area (Å²) in [4.78, 5) is 0. The number of hydrogen-bond donors (Lipinski definition) is 1. The van der Waals surface area contributed by atoms with Gasteiger partial charge >= 0.3 is 0 Å². The van der Waals surface area contributed by atoms with Crippen LogP contribution in [0.15, 0.2) is 34.7 Å². The molecule has 0 saturated heterocycles. The predicted octanol–water partition coefficient (Wildman–Crippen LogP) is 3.00. The van der Waals surface area contributed by atoms with Crippen LogP contribution < -0.4 is 5.73 Å². The zero-order chi connectivity index (χ0) is 11.9. The highest BCUT2D eigenvalue weighted by atomic mass is 16.5. The molecule has 2 aromatic rings. The van der Waals surface area contributed by atoms with E-state index < -0.39 is 0 Å². The molecule has 3 nitrogen and oxygen atoms in total. The Labute approximate surface area is 101 Å². The minimum absolute atomic E-state index is 0.173. The molecule has 3 heteroatoms. The van der Waals surface area contributed by atoms with Crippen LogP contribution in [0.25, 0.3) is 11.0 Å². The maximum Gasteiger partial charge on any atom is 0.134 e. The Morgan fingerprint density at radius 1 is 1.35 bits per heavy atom. The van der Waals surface area contributed by atoms with Crippen molar-refractivity contribution in [3.05, 3.63) is 36.1 Å². The highest BCUT2D eigenvalue weighted by molar-refractivity contribution is 5.77. The van der Waals surface area contributed by atoms with E-state index in [0.717, 1.165) is 29.6 Å². The third-order valence-electron chi connectivity index (χ3n) is 3.92. The van der Waals surface area contributed by atoms with E-state index in [2.05, 4.69) is 0 Å². The zero-order valence-corrected chi connectivity index (χ0v) is 9.98. The minimum Gasteiger partial charge on any atom is -0.459 e. The van der Waals surface area contributed by atoms with Crippen LogP contribution in [0.5, 0.6) is 0 Å². The van der Waals surface area contributed by atoms with Crippen LogP contribution in [0.3, 0.4) is 0 Å². The summed E-state index contributed by atoms with van der Waals surface area (Å²) in [6.07, 6.45) is 3.21. The van der Waals surface area contributed by atoms with Crippen molar-refractivity contribution in [2.75, 3.05) is 7.11 Å². The van der Waals surface area contributed by atoms with Crippen molar-refractivity contribution < 1.29 is 9.15 Å². The van der Waals surface area contributed by atoms with Crippen LogP contribution in [0.1, 0.15) is 31.1 Å². The summed E-state index contributed by atoms with van der Waals surface area (Å²) >= 11 is 0. The molecule has 2 N–H and O–H groups in total. The van der Waals surface area contributed by atoms with Crippen molar-refractivity contribution in [1.82, 2.24) is 0 Å². The predicted molar refractivity (Wildman–Crippen MR) is 66.7 cm³/mol. The summed E-state index contributed by atoms with van der Waals surface area (Å²) in [7, 11) is 1.74. The zero-order valence-electron chi connectivity index (χ0n) is 9.98. The molecule has 90 valence electrons. The number of nitrogens with two attached hydrogens (primary N) is 1. The normalized spacial score (nSPS) is 20.1. The van der Waals surface area contributed by atoms with E-state index in [9.17, 15) is 0 Å². The van der Waals surface area contributed by atoms with Gasteiger partial charge in [0.25, 0.3) is 0 Å². The largest absolute Gasteiger partial charge is 0.459 e. The number of hydrogen-bond acceptors (Lipinski definition) is 3. The molecular formula is C14H17NO2. The van der Waals surface area contributed by atoms with Crippen LogP contribution >= 0.6 is 0 Å². The van der Waals surface area contributed by atoms with Crippen molar-refractivity contribution in [3.8, 4) is 0 Å². The molecule has 1 fully saturated rings. The second kappa shape index (κ2) is 3.86. The minimum atomic E-state index is -0.214. The van der Waals surface area contributed by atoms with Crippen LogP contribution in [-0.2, 0) is 4.74 Å². The Hall–Kier alpha value is -1.32. The Bertz CT molecular complexity index is 489. The molecule has 3 rings (SSSR count). The second-order valence-corrected chi connectivity index (χ2v) is 4.79. The van der Waals surface area contributed by atoms with Crippen molar-refractivity contribution in [2.24, 2.45) is 5.73 Å². The van der Waals surface area contributed by atoms with Gasteiger partial charge in [0.05, 0.1) is 11.6 Å². The van der Waals surface area contributed by atoms with Crippen LogP contribution in [-0.4, -0.2) is 12.7 Å². The van der Waals surface area contributed by atoms with Gasteiger partial charge in [0.15, 0.2) is 0 Å². The Kier molecular flexibility index (Phi) is 2.45. The lowest BCUT2D eigenvalue weighted by Crippen LogP contribution is -2.48. The summed E-state index contributed by atoms with van der Waals surface area (Å²) in [5, 5.41) is 1.10. The molecule has 0 spiro atoms. The number of methoxy groups -OCH3 is 1. The van der Waals surface area contributed by atoms with Crippen molar-refractivity contribution in [1.29, 1.82) is 0 Å². The van der Waals surface area contributed by atoms with Gasteiger partial charge in [-0.25, -0.2) is 0 Å². The second-order valence-electron chi connectivity index (χ2n) is 4.79. The fourth-order valence-electron chi connectivity index (χ4n) is 2.58. The molecule has 1 atom stereocenters. The molecule has 17 heavy (non-hydrogen) atoms. The van der Waals surface area contributed by atoms with Gasteiger partial charge in [-0.2, -0.15) is 0 Å². The lowest BCUT2D eigenvalue weighted by molar-refractivity contribution is -0.0947. The average Bonchev–Trinajstić information content (AvgIpc) is 2.71. The number of fused-ring (bicyclic) bond motifs is 1. The summed E-state index contributed by atoms with van der Waals surface area (Å²) < 4.78 is 11.4. The van der Waals surface area contributed by atoms with E-state index >= 15 is 0 Å². The highest BCUT2D eigenvalue weighted by Gasteiger charge is 2.44. The van der Waals surface area contributed by atoms with Gasteiger partial charge in [0.2, 0.25) is 0 Å². The first kappa shape index (κ1) is 10.8. The van der Waals surface area contributed by atoms with E-state index in [4.69, 9.17) is 14.9 Å². The summed E-state index contributed by atoms with van der Waals surface area (Å²) in [5.74, 6) is 0.827. The molecule has 1 saturated carbocycles. The summed E-state index contributed by atoms with van der Waals surface area (Å²) in [6, 6.07) is 9.83. The van der Waals surface area contributed by atoms with Gasteiger partial charge in [-0.1, -0.05) is 18.2 Å². The van der Waals surface area contributed by atoms with E-state index in [1.165, 1.54) is 6.42 Å². The van der Waals surface area contributed by atoms with Gasteiger partial charge in [0, 0.05) is 12.5 Å². The van der Waals surface area contributed by atoms with Crippen molar-refractivity contribution in [2.45, 2.75) is 30.9 Å². The first-order chi connectivity index (χ1) is 8.25. The standard InChI is InChI=1S/C14H17NO2/c1-16-14(7-4-8-14)13(15)12-9-10-5-2-3-6-11(10)17-12/h2-3,5-6,9,13H,4,7-8,15H2,1H3. The molecule has 0 amide bonds. The quantitative estimate of drug-likeness (QED) is 0.883. The topological polar surface area (TPSA) is 48.4 Å². The smallest absolute Gasteiger partial charge is 0.134 e. The third-order valence-corrected chi connectivity index (χ3v) is 3.92. The van der Waals surface area contributed by atoms with Gasteiger partial charge in [0.1, 0.15) is 11.3 Å². The lowest BCUT2D eigenvalue weighted by atomic mass is 9.74. The number of furan rings is 1. The van der Waals surface area contributed by atoms with E-state index in [0.29, 0.717) is 0 Å². The van der Waals surface area contributed by atoms with Gasteiger partial charge in [-0.05, 0) is 31.4 Å². The van der Waals surface area contributed by atoms with Gasteiger partial charge in [-0.15, -0.1) is 0 Å². The van der Waals surface area contributed by atoms with Gasteiger partial charge in [-0.3, -0.25) is 0 Å². The van der Waals surface area contributed by atoms with Crippen LogP contribution in [0.4, 0.5) is 0 Å². The Morgan fingerprint density at radius 2 is 2.12 bits per heavy atom. The number of ether oxygens (including phenoxy) is 1. The molecule has 1 aliphatic carbocycles. The van der Waals surface area contributed by atoms with Crippen LogP contribution in [0.2, 0.25) is 0 Å². The molecule has 0 bridgehead atoms. The number of para-hydroxylation sites is 1. The Balaban J connectivity index is 1.97. The molecule has 1 aliphatic rings. The summed E-state index contributed by atoms with van der Waals surface area (Å²) in [6.45, 7) is 0. The van der Waals surface area contributed by atoms with Crippen LogP contribution in [0, 0.1) is 0 Å². The molecule has 1 heterocycles. The fraction of sp³-hybridized carbons (Fsp3) is 0.429. The SMILES string of the molecule is COC1(C(N)c2cc3ccccc3o2)CCC1. The molecule has 0 radical (unpaired) electrons. The average molecular weight is 231 g/mol. The molecular weight excluding hydrogens is 214 g/mol. The first-order valence-corrected chi connectivity index (χ1v) is 6.04. The van der Waals surface area contributed by atoms with Crippen molar-refractivity contribution >= 4 is 11.0 Å². The highest BCUT2D eigenvalue weighted by Crippen LogP contribution is 2.44. The molecule has 1 aromatic heterocycles.